The molecule has 0 radical (unpaired) electrons. The number of nitrogens with one attached hydrogen (secondary N) is 1. The van der Waals surface area contributed by atoms with Crippen LogP contribution in [0.2, 0.25) is 0 Å². The van der Waals surface area contributed by atoms with Crippen LogP contribution >= 0.6 is 11.8 Å². The number of allylic oxidation sites excluding steroid dienone is 1. The second kappa shape index (κ2) is 7.86. The van der Waals surface area contributed by atoms with Gasteiger partial charge in [-0.05, 0) is 30.4 Å². The van der Waals surface area contributed by atoms with E-state index in [1.165, 1.54) is 23.1 Å². The quantitative estimate of drug-likeness (QED) is 0.613. The van der Waals surface area contributed by atoms with E-state index in [0.29, 0.717) is 17.4 Å². The minimum Gasteiger partial charge on any atom is -0.461 e. The molecule has 1 aromatic carbocycles. The number of carbonyl (C=O) groups is 1. The number of rotatable bonds is 6. The second-order valence-electron chi connectivity index (χ2n) is 5.63. The summed E-state index contributed by atoms with van der Waals surface area (Å²) in [5.74, 6) is -0.0305. The Morgan fingerprint density at radius 1 is 1.35 bits per heavy atom. The summed E-state index contributed by atoms with van der Waals surface area (Å²) in [5.41, 5.74) is 1.01. The number of hydrogen-bond donors (Lipinski definition) is 1. The number of hydrogen-bond acceptors (Lipinski definition) is 6. The minimum absolute atomic E-state index is 0.245. The highest BCUT2D eigenvalue weighted by Crippen LogP contribution is 2.35. The van der Waals surface area contributed by atoms with Gasteiger partial charge in [-0.1, -0.05) is 6.92 Å². The van der Waals surface area contributed by atoms with Crippen molar-refractivity contribution in [3.8, 4) is 0 Å². The topological polar surface area (TPSA) is 69.0 Å². The van der Waals surface area contributed by atoms with Crippen molar-refractivity contribution in [2.45, 2.75) is 19.9 Å². The SMILES string of the molecule is CCSCCOC(=O)C1=C(C)Nc2ncnn2[C@H]1c1cc(F)cc(F)c1. The molecule has 0 bridgehead atoms. The summed E-state index contributed by atoms with van der Waals surface area (Å²) in [4.78, 5) is 16.8. The van der Waals surface area contributed by atoms with E-state index in [1.54, 1.807) is 18.7 Å². The van der Waals surface area contributed by atoms with E-state index in [9.17, 15) is 13.6 Å². The molecule has 9 heteroatoms. The number of carbonyl (C=O) groups excluding carboxylic acids is 1. The maximum Gasteiger partial charge on any atom is 0.338 e. The lowest BCUT2D eigenvalue weighted by molar-refractivity contribution is -0.139. The molecule has 2 heterocycles. The first-order chi connectivity index (χ1) is 12.5. The van der Waals surface area contributed by atoms with E-state index < -0.39 is 23.6 Å². The lowest BCUT2D eigenvalue weighted by Gasteiger charge is -2.28. The van der Waals surface area contributed by atoms with Crippen molar-refractivity contribution in [1.82, 2.24) is 14.8 Å². The molecule has 3 rings (SSSR count). The predicted octanol–water partition coefficient (Wildman–Crippen LogP) is 3.14. The Balaban J connectivity index is 1.98. The van der Waals surface area contributed by atoms with Crippen LogP contribution in [-0.2, 0) is 9.53 Å². The first kappa shape index (κ1) is 18.4. The molecule has 0 amide bonds. The van der Waals surface area contributed by atoms with Crippen molar-refractivity contribution in [2.24, 2.45) is 0 Å². The monoisotopic (exact) mass is 380 g/mol. The van der Waals surface area contributed by atoms with Crippen molar-refractivity contribution >= 4 is 23.7 Å². The molecule has 26 heavy (non-hydrogen) atoms. The highest BCUT2D eigenvalue weighted by Gasteiger charge is 2.34. The van der Waals surface area contributed by atoms with Gasteiger partial charge in [0.2, 0.25) is 5.95 Å². The zero-order chi connectivity index (χ0) is 18.7. The average Bonchev–Trinajstić information content (AvgIpc) is 3.04. The van der Waals surface area contributed by atoms with Gasteiger partial charge in [-0.3, -0.25) is 0 Å². The molecule has 0 saturated carbocycles. The van der Waals surface area contributed by atoms with E-state index in [2.05, 4.69) is 15.4 Å². The van der Waals surface area contributed by atoms with Crippen LogP contribution in [0.15, 0.2) is 35.8 Å². The molecule has 0 spiro atoms. The summed E-state index contributed by atoms with van der Waals surface area (Å²) in [6, 6.07) is 2.31. The Hall–Kier alpha value is -2.42. The average molecular weight is 380 g/mol. The van der Waals surface area contributed by atoms with Crippen LogP contribution in [0.25, 0.3) is 0 Å². The van der Waals surface area contributed by atoms with Crippen LogP contribution in [0.3, 0.4) is 0 Å². The smallest absolute Gasteiger partial charge is 0.338 e. The highest BCUT2D eigenvalue weighted by molar-refractivity contribution is 7.99. The third-order valence-electron chi connectivity index (χ3n) is 3.88. The molecule has 6 nitrogen and oxygen atoms in total. The molecule has 0 saturated heterocycles. The number of benzene rings is 1. The fourth-order valence-corrected chi connectivity index (χ4v) is 3.30. The second-order valence-corrected chi connectivity index (χ2v) is 7.02. The summed E-state index contributed by atoms with van der Waals surface area (Å²) >= 11 is 1.65. The number of thioether (sulfide) groups is 1. The van der Waals surface area contributed by atoms with Gasteiger partial charge >= 0.3 is 5.97 Å². The molecule has 1 aromatic heterocycles. The molecular formula is C17H18F2N4O2S. The van der Waals surface area contributed by atoms with Gasteiger partial charge in [0.25, 0.3) is 0 Å². The van der Waals surface area contributed by atoms with Crippen molar-refractivity contribution in [3.05, 3.63) is 53.0 Å². The van der Waals surface area contributed by atoms with E-state index in [0.717, 1.165) is 11.8 Å². The maximum atomic E-state index is 13.8. The van der Waals surface area contributed by atoms with Crippen LogP contribution in [-0.4, -0.2) is 38.8 Å². The van der Waals surface area contributed by atoms with E-state index >= 15 is 0 Å². The molecule has 0 unspecified atom stereocenters. The summed E-state index contributed by atoms with van der Waals surface area (Å²) in [6.07, 6.45) is 1.31. The molecule has 0 fully saturated rings. The number of ether oxygens (including phenoxy) is 1. The molecule has 2 aromatic rings. The summed E-state index contributed by atoms with van der Waals surface area (Å²) in [6.45, 7) is 3.96. The van der Waals surface area contributed by atoms with Gasteiger partial charge in [0.15, 0.2) is 0 Å². The first-order valence-electron chi connectivity index (χ1n) is 8.09. The summed E-state index contributed by atoms with van der Waals surface area (Å²) < 4.78 is 34.3. The fourth-order valence-electron chi connectivity index (χ4n) is 2.81. The van der Waals surface area contributed by atoms with Gasteiger partial charge in [0.05, 0.1) is 5.57 Å². The third-order valence-corrected chi connectivity index (χ3v) is 4.74. The van der Waals surface area contributed by atoms with Gasteiger partial charge < -0.3 is 10.1 Å². The summed E-state index contributed by atoms with van der Waals surface area (Å²) in [5, 5.41) is 7.08. The van der Waals surface area contributed by atoms with E-state index in [4.69, 9.17) is 4.74 Å². The molecule has 138 valence electrons. The number of aromatic nitrogens is 3. The molecule has 1 aliphatic rings. The van der Waals surface area contributed by atoms with E-state index in [1.807, 2.05) is 6.92 Å². The predicted molar refractivity (Wildman–Crippen MR) is 94.8 cm³/mol. The normalized spacial score (nSPS) is 16.2. The Bertz CT molecular complexity index is 833. The number of anilines is 1. The fraction of sp³-hybridized carbons (Fsp3) is 0.353. The Morgan fingerprint density at radius 3 is 2.77 bits per heavy atom. The number of fused-ring (bicyclic) bond motifs is 1. The molecule has 1 N–H and O–H groups in total. The molecule has 1 aliphatic heterocycles. The summed E-state index contributed by atoms with van der Waals surface area (Å²) in [7, 11) is 0. The Kier molecular flexibility index (Phi) is 5.55. The van der Waals surface area contributed by atoms with Gasteiger partial charge in [0.1, 0.15) is 30.6 Å². The molecule has 0 aliphatic carbocycles. The maximum absolute atomic E-state index is 13.8. The van der Waals surface area contributed by atoms with Gasteiger partial charge in [0, 0.05) is 17.5 Å². The van der Waals surface area contributed by atoms with Crippen molar-refractivity contribution in [1.29, 1.82) is 0 Å². The zero-order valence-electron chi connectivity index (χ0n) is 14.3. The van der Waals surface area contributed by atoms with Crippen LogP contribution in [0, 0.1) is 11.6 Å². The minimum atomic E-state index is -0.828. The Labute approximate surface area is 153 Å². The van der Waals surface area contributed by atoms with Crippen LogP contribution in [0.4, 0.5) is 14.7 Å². The van der Waals surface area contributed by atoms with Gasteiger partial charge in [-0.25, -0.2) is 18.3 Å². The largest absolute Gasteiger partial charge is 0.461 e. The number of halogens is 2. The lowest BCUT2D eigenvalue weighted by atomic mass is 9.95. The number of nitrogens with zero attached hydrogens (tertiary/aromatic N) is 3. The molecule has 1 atom stereocenters. The van der Waals surface area contributed by atoms with Crippen molar-refractivity contribution in [2.75, 3.05) is 23.4 Å². The van der Waals surface area contributed by atoms with Gasteiger partial charge in [-0.15, -0.1) is 0 Å². The first-order valence-corrected chi connectivity index (χ1v) is 9.25. The zero-order valence-corrected chi connectivity index (χ0v) is 15.1. The standard InChI is InChI=1S/C17H18F2N4O2S/c1-3-26-5-4-25-16(24)14-10(2)22-17-20-9-21-23(17)15(14)11-6-12(18)8-13(19)7-11/h6-9,15H,3-5H2,1-2H3,(H,20,21,22)/t15-/m0/s1. The van der Waals surface area contributed by atoms with Gasteiger partial charge in [-0.2, -0.15) is 21.8 Å². The van der Waals surface area contributed by atoms with Crippen molar-refractivity contribution < 1.29 is 18.3 Å². The van der Waals surface area contributed by atoms with Crippen LogP contribution in [0.1, 0.15) is 25.5 Å². The van der Waals surface area contributed by atoms with Crippen LogP contribution in [0.5, 0.6) is 0 Å². The highest BCUT2D eigenvalue weighted by atomic mass is 32.2. The van der Waals surface area contributed by atoms with E-state index in [-0.39, 0.29) is 17.7 Å². The lowest BCUT2D eigenvalue weighted by Crippen LogP contribution is -2.30. The third kappa shape index (κ3) is 3.72. The van der Waals surface area contributed by atoms with Crippen molar-refractivity contribution in [3.63, 3.8) is 0 Å². The molecular weight excluding hydrogens is 362 g/mol. The number of esters is 1. The Morgan fingerprint density at radius 2 is 2.08 bits per heavy atom. The van der Waals surface area contributed by atoms with Crippen LogP contribution < -0.4 is 5.32 Å².